The second-order valence-corrected chi connectivity index (χ2v) is 8.30. The third-order valence-electron chi connectivity index (χ3n) is 6.23. The molecule has 30 heavy (non-hydrogen) atoms. The van der Waals surface area contributed by atoms with E-state index in [0.29, 0.717) is 23.4 Å². The number of benzene rings is 2. The van der Waals surface area contributed by atoms with Gasteiger partial charge in [-0.05, 0) is 25.3 Å². The molecule has 1 fully saturated rings. The Morgan fingerprint density at radius 2 is 1.90 bits per heavy atom. The highest BCUT2D eigenvalue weighted by Crippen LogP contribution is 2.38. The minimum Gasteiger partial charge on any atom is -0.872 e. The molecule has 0 unspecified atom stereocenters. The largest absolute Gasteiger partial charge is 0.872 e. The van der Waals surface area contributed by atoms with Gasteiger partial charge in [-0.3, -0.25) is 9.69 Å². The molecule has 2 aliphatic heterocycles. The van der Waals surface area contributed by atoms with Gasteiger partial charge in [0.05, 0.1) is 18.7 Å². The summed E-state index contributed by atoms with van der Waals surface area (Å²) in [5, 5.41) is 13.7. The van der Waals surface area contributed by atoms with Crippen molar-refractivity contribution < 1.29 is 19.5 Å². The molecule has 0 aliphatic carbocycles. The van der Waals surface area contributed by atoms with Gasteiger partial charge in [0.25, 0.3) is 0 Å². The maximum absolute atomic E-state index is 13.0. The Balaban J connectivity index is 1.49. The maximum Gasteiger partial charge on any atom is 0.231 e. The number of likely N-dealkylation sites (N-methyl/N-ethyl adjacent to an activating group) is 1. The molecule has 1 N–H and O–H groups in total. The Kier molecular flexibility index (Phi) is 4.60. The molecule has 3 heterocycles. The molecule has 6 heteroatoms. The lowest BCUT2D eigenvalue weighted by Crippen LogP contribution is -3.13. The van der Waals surface area contributed by atoms with E-state index in [4.69, 9.17) is 4.74 Å². The number of fused-ring (bicyclic) bond motifs is 2. The number of rotatable bonds is 3. The highest BCUT2D eigenvalue weighted by Gasteiger charge is 2.31. The molecule has 154 valence electrons. The van der Waals surface area contributed by atoms with Crippen molar-refractivity contribution >= 4 is 22.8 Å². The summed E-state index contributed by atoms with van der Waals surface area (Å²) in [5.74, 6) is 0.513. The van der Waals surface area contributed by atoms with Gasteiger partial charge < -0.3 is 19.3 Å². The fourth-order valence-corrected chi connectivity index (χ4v) is 4.45. The van der Waals surface area contributed by atoms with Gasteiger partial charge in [-0.15, -0.1) is 0 Å². The molecule has 0 radical (unpaired) electrons. The van der Waals surface area contributed by atoms with Gasteiger partial charge in [0.15, 0.2) is 5.76 Å². The lowest BCUT2D eigenvalue weighted by Gasteiger charge is -2.30. The van der Waals surface area contributed by atoms with Gasteiger partial charge in [0.1, 0.15) is 12.3 Å². The predicted octanol–water partition coefficient (Wildman–Crippen LogP) is 1.20. The number of para-hydroxylation sites is 1. The van der Waals surface area contributed by atoms with E-state index in [1.54, 1.807) is 12.1 Å². The van der Waals surface area contributed by atoms with Gasteiger partial charge in [-0.25, -0.2) is 0 Å². The second-order valence-electron chi connectivity index (χ2n) is 8.30. The SMILES string of the molecule is CN1CC[NH+](Cc2c([O-])ccc3c2OC(=Cc2cn(C)c4ccccc24)C3=O)CC1. The Labute approximate surface area is 175 Å². The molecule has 6 nitrogen and oxygen atoms in total. The van der Waals surface area contributed by atoms with Crippen LogP contribution in [0.5, 0.6) is 11.5 Å². The summed E-state index contributed by atoms with van der Waals surface area (Å²) >= 11 is 0. The van der Waals surface area contributed by atoms with Crippen LogP contribution in [-0.4, -0.2) is 48.5 Å². The highest BCUT2D eigenvalue weighted by molar-refractivity contribution is 6.15. The first-order valence-corrected chi connectivity index (χ1v) is 10.3. The third-order valence-corrected chi connectivity index (χ3v) is 6.23. The molecule has 0 atom stereocenters. The van der Waals surface area contributed by atoms with E-state index >= 15 is 0 Å². The number of piperazine rings is 1. The van der Waals surface area contributed by atoms with E-state index in [1.165, 1.54) is 11.0 Å². The van der Waals surface area contributed by atoms with Crippen LogP contribution in [0.4, 0.5) is 0 Å². The van der Waals surface area contributed by atoms with E-state index in [2.05, 4.69) is 11.9 Å². The van der Waals surface area contributed by atoms with E-state index in [1.807, 2.05) is 42.1 Å². The van der Waals surface area contributed by atoms with Crippen molar-refractivity contribution in [2.75, 3.05) is 33.2 Å². The van der Waals surface area contributed by atoms with Crippen molar-refractivity contribution in [3.8, 4) is 11.5 Å². The van der Waals surface area contributed by atoms with Gasteiger partial charge in [-0.1, -0.05) is 30.0 Å². The Bertz CT molecular complexity index is 1170. The quantitative estimate of drug-likeness (QED) is 0.668. The third kappa shape index (κ3) is 3.18. The van der Waals surface area contributed by atoms with Crippen LogP contribution in [0, 0.1) is 0 Å². The van der Waals surface area contributed by atoms with E-state index in [9.17, 15) is 9.90 Å². The molecule has 0 spiro atoms. The van der Waals surface area contributed by atoms with Crippen LogP contribution in [0.2, 0.25) is 0 Å². The average Bonchev–Trinajstić information content (AvgIpc) is 3.23. The van der Waals surface area contributed by atoms with Gasteiger partial charge in [0.2, 0.25) is 5.78 Å². The van der Waals surface area contributed by atoms with Crippen LogP contribution < -0.4 is 14.7 Å². The summed E-state index contributed by atoms with van der Waals surface area (Å²) in [6.07, 6.45) is 3.78. The van der Waals surface area contributed by atoms with Crippen LogP contribution in [0.25, 0.3) is 17.0 Å². The van der Waals surface area contributed by atoms with Crippen LogP contribution in [0.1, 0.15) is 21.5 Å². The summed E-state index contributed by atoms with van der Waals surface area (Å²) in [7, 11) is 4.10. The molecular formula is C24H25N3O3. The normalized spacial score (nSPS) is 18.9. The summed E-state index contributed by atoms with van der Waals surface area (Å²) in [6, 6.07) is 11.2. The standard InChI is InChI=1S/C24H25N3O3/c1-25-9-11-27(12-10-25)15-19-21(28)8-7-18-23(29)22(30-24(18)19)13-16-14-26(2)20-6-4-3-5-17(16)20/h3-8,13-14,28H,9-12,15H2,1-2H3. The van der Waals surface area contributed by atoms with Crippen LogP contribution in [0.3, 0.4) is 0 Å². The minimum atomic E-state index is -0.160. The van der Waals surface area contributed by atoms with Gasteiger partial charge in [-0.2, -0.15) is 0 Å². The fraction of sp³-hybridized carbons (Fsp3) is 0.292. The number of aryl methyl sites for hydroxylation is 1. The number of quaternary nitrogens is 1. The van der Waals surface area contributed by atoms with Crippen molar-refractivity contribution in [3.63, 3.8) is 0 Å². The Morgan fingerprint density at radius 1 is 1.13 bits per heavy atom. The zero-order valence-corrected chi connectivity index (χ0v) is 17.3. The second kappa shape index (κ2) is 7.31. The van der Waals surface area contributed by atoms with Gasteiger partial charge >= 0.3 is 0 Å². The predicted molar refractivity (Wildman–Crippen MR) is 114 cm³/mol. The number of carbonyl (C=O) groups is 1. The van der Waals surface area contributed by atoms with Crippen molar-refractivity contribution in [2.45, 2.75) is 6.54 Å². The number of aromatic nitrogens is 1. The average molecular weight is 403 g/mol. The van der Waals surface area contributed by atoms with Crippen molar-refractivity contribution in [2.24, 2.45) is 7.05 Å². The van der Waals surface area contributed by atoms with Crippen LogP contribution in [-0.2, 0) is 13.6 Å². The van der Waals surface area contributed by atoms with E-state index in [0.717, 1.165) is 42.6 Å². The number of ether oxygens (including phenoxy) is 1. The molecule has 3 aromatic rings. The first kappa shape index (κ1) is 18.9. The van der Waals surface area contributed by atoms with Crippen molar-refractivity contribution in [1.29, 1.82) is 0 Å². The summed E-state index contributed by atoms with van der Waals surface area (Å²) in [5.41, 5.74) is 3.12. The fourth-order valence-electron chi connectivity index (χ4n) is 4.45. The molecule has 0 saturated carbocycles. The number of Topliss-reactive ketones (excluding diaryl/α,β-unsaturated/α-hetero) is 1. The summed E-state index contributed by atoms with van der Waals surface area (Å²) in [6.45, 7) is 4.55. The highest BCUT2D eigenvalue weighted by atomic mass is 16.5. The Morgan fingerprint density at radius 3 is 2.70 bits per heavy atom. The number of ketones is 1. The lowest BCUT2D eigenvalue weighted by molar-refractivity contribution is -0.918. The van der Waals surface area contributed by atoms with Crippen LogP contribution >= 0.6 is 0 Å². The summed E-state index contributed by atoms with van der Waals surface area (Å²) < 4.78 is 8.07. The zero-order chi connectivity index (χ0) is 20.8. The molecule has 5 rings (SSSR count). The van der Waals surface area contributed by atoms with Crippen molar-refractivity contribution in [3.05, 3.63) is 65.0 Å². The number of carbonyl (C=O) groups excluding carboxylic acids is 1. The lowest BCUT2D eigenvalue weighted by atomic mass is 10.0. The van der Waals surface area contributed by atoms with Crippen LogP contribution in [0.15, 0.2) is 48.4 Å². The number of allylic oxidation sites excluding steroid dienone is 1. The van der Waals surface area contributed by atoms with Gasteiger partial charge in [0, 0.05) is 48.4 Å². The Hall–Kier alpha value is -3.09. The number of hydrogen-bond donors (Lipinski definition) is 1. The maximum atomic E-state index is 13.0. The topological polar surface area (TPSA) is 62.0 Å². The molecule has 1 saturated heterocycles. The first-order chi connectivity index (χ1) is 14.5. The molecular weight excluding hydrogens is 378 g/mol. The smallest absolute Gasteiger partial charge is 0.231 e. The molecule has 2 aliphatic rings. The number of nitrogens with one attached hydrogen (secondary N) is 1. The van der Waals surface area contributed by atoms with Crippen molar-refractivity contribution in [1.82, 2.24) is 9.47 Å². The van der Waals surface area contributed by atoms with E-state index < -0.39 is 0 Å². The monoisotopic (exact) mass is 403 g/mol. The molecule has 0 amide bonds. The van der Waals surface area contributed by atoms with E-state index in [-0.39, 0.29) is 17.3 Å². The molecule has 1 aromatic heterocycles. The molecule has 0 bridgehead atoms. The minimum absolute atomic E-state index is 0.0561. The first-order valence-electron chi connectivity index (χ1n) is 10.3. The summed E-state index contributed by atoms with van der Waals surface area (Å²) in [4.78, 5) is 16.7. The zero-order valence-electron chi connectivity index (χ0n) is 17.3. The number of nitrogens with zero attached hydrogens (tertiary/aromatic N) is 2. The number of hydrogen-bond acceptors (Lipinski definition) is 4. The molecule has 2 aromatic carbocycles.